The average molecular weight is 702 g/mol. The molecule has 1 amide bonds. The SMILES string of the molecule is Cc1ccc(S(=O)(=O)Nc2ccc3c(c2)C(=O)N([C@H](C)CO)C[C@H](C)[C@@H](CN(C)S(=O)(=O)c2ccccc2)OCCCC[C@H](C)O3)cc1. The maximum atomic E-state index is 14.4. The van der Waals surface area contributed by atoms with Crippen LogP contribution in [-0.2, 0) is 24.8 Å². The van der Waals surface area contributed by atoms with Gasteiger partial charge in [0.2, 0.25) is 10.0 Å². The number of aliphatic hydroxyl groups excluding tert-OH is 1. The highest BCUT2D eigenvalue weighted by Gasteiger charge is 2.32. The number of benzene rings is 3. The number of fused-ring (bicyclic) bond motifs is 1. The quantitative estimate of drug-likeness (QED) is 0.321. The fraction of sp³-hybridized carbons (Fsp3) is 0.457. The fourth-order valence-electron chi connectivity index (χ4n) is 5.50. The summed E-state index contributed by atoms with van der Waals surface area (Å²) in [5.74, 6) is -0.527. The number of sulfonamides is 2. The summed E-state index contributed by atoms with van der Waals surface area (Å²) < 4.78 is 69.5. The van der Waals surface area contributed by atoms with Crippen molar-refractivity contribution >= 4 is 31.6 Å². The summed E-state index contributed by atoms with van der Waals surface area (Å²) in [7, 11) is -6.24. The van der Waals surface area contributed by atoms with Crippen LogP contribution in [0.2, 0.25) is 0 Å². The predicted molar refractivity (Wildman–Crippen MR) is 185 cm³/mol. The van der Waals surface area contributed by atoms with Crippen molar-refractivity contribution in [3.8, 4) is 5.75 Å². The van der Waals surface area contributed by atoms with Gasteiger partial charge in [-0.2, -0.15) is 4.31 Å². The van der Waals surface area contributed by atoms with Crippen molar-refractivity contribution in [2.24, 2.45) is 5.92 Å². The minimum atomic E-state index is -3.95. The van der Waals surface area contributed by atoms with Gasteiger partial charge in [0.25, 0.3) is 15.9 Å². The standard InChI is InChI=1S/C35H47N3O8S2/c1-25-14-17-30(18-15-25)47(41,42)36-29-16-19-33-32(21-29)35(40)38(27(3)24-39)22-26(2)34(45-20-10-9-11-28(4)46-33)23-37(5)48(43,44)31-12-7-6-8-13-31/h6-8,12-19,21,26-28,34,36,39H,9-11,20,22-24H2,1-5H3/t26-,27+,28-,34+/m0/s1. The first-order valence-corrected chi connectivity index (χ1v) is 19.1. The number of nitrogens with one attached hydrogen (secondary N) is 1. The van der Waals surface area contributed by atoms with Gasteiger partial charge >= 0.3 is 0 Å². The lowest BCUT2D eigenvalue weighted by atomic mass is 10.0. The zero-order valence-corrected chi connectivity index (χ0v) is 29.8. The van der Waals surface area contributed by atoms with Crippen molar-refractivity contribution in [3.05, 3.63) is 83.9 Å². The monoisotopic (exact) mass is 701 g/mol. The molecule has 0 spiro atoms. The number of anilines is 1. The van der Waals surface area contributed by atoms with Crippen molar-refractivity contribution in [3.63, 3.8) is 0 Å². The molecule has 1 heterocycles. The van der Waals surface area contributed by atoms with Crippen LogP contribution in [0.25, 0.3) is 0 Å². The Bertz CT molecular complexity index is 1740. The molecule has 2 N–H and O–H groups in total. The third-order valence-corrected chi connectivity index (χ3v) is 11.8. The molecule has 4 rings (SSSR count). The van der Waals surface area contributed by atoms with Gasteiger partial charge in [0.15, 0.2) is 0 Å². The molecule has 0 bridgehead atoms. The molecule has 13 heteroatoms. The van der Waals surface area contributed by atoms with Crippen LogP contribution in [0.5, 0.6) is 5.75 Å². The molecule has 262 valence electrons. The summed E-state index contributed by atoms with van der Waals surface area (Å²) in [6.07, 6.45) is 1.31. The Kier molecular flexibility index (Phi) is 12.7. The van der Waals surface area contributed by atoms with Crippen LogP contribution in [0.15, 0.2) is 82.6 Å². The lowest BCUT2D eigenvalue weighted by Crippen LogP contribution is -2.48. The van der Waals surface area contributed by atoms with Crippen LogP contribution < -0.4 is 9.46 Å². The van der Waals surface area contributed by atoms with Gasteiger partial charge in [0, 0.05) is 38.3 Å². The highest BCUT2D eigenvalue weighted by atomic mass is 32.2. The number of likely N-dealkylation sites (N-methyl/N-ethyl adjacent to an activating group) is 1. The number of aryl methyl sites for hydroxylation is 1. The summed E-state index contributed by atoms with van der Waals surface area (Å²) in [5.41, 5.74) is 1.23. The van der Waals surface area contributed by atoms with E-state index in [1.54, 1.807) is 61.5 Å². The minimum absolute atomic E-state index is 0.0506. The molecule has 0 unspecified atom stereocenters. The largest absolute Gasteiger partial charge is 0.490 e. The smallest absolute Gasteiger partial charge is 0.261 e. The highest BCUT2D eigenvalue weighted by Crippen LogP contribution is 2.30. The van der Waals surface area contributed by atoms with Crippen molar-refractivity contribution in [1.82, 2.24) is 9.21 Å². The van der Waals surface area contributed by atoms with Crippen LogP contribution in [0.1, 0.15) is 56.0 Å². The lowest BCUT2D eigenvalue weighted by molar-refractivity contribution is -0.00833. The van der Waals surface area contributed by atoms with Crippen molar-refractivity contribution in [2.75, 3.05) is 38.1 Å². The van der Waals surface area contributed by atoms with Gasteiger partial charge in [0.05, 0.1) is 40.2 Å². The molecule has 0 aliphatic carbocycles. The van der Waals surface area contributed by atoms with E-state index < -0.39 is 38.1 Å². The maximum Gasteiger partial charge on any atom is 0.261 e. The van der Waals surface area contributed by atoms with Gasteiger partial charge in [0.1, 0.15) is 5.75 Å². The summed E-state index contributed by atoms with van der Waals surface area (Å²) in [4.78, 5) is 16.1. The molecule has 3 aromatic rings. The molecule has 11 nitrogen and oxygen atoms in total. The van der Waals surface area contributed by atoms with Crippen LogP contribution in [0.4, 0.5) is 5.69 Å². The van der Waals surface area contributed by atoms with Crippen LogP contribution in [0.3, 0.4) is 0 Å². The van der Waals surface area contributed by atoms with Crippen molar-refractivity contribution < 1.29 is 36.2 Å². The van der Waals surface area contributed by atoms with E-state index in [0.717, 1.165) is 12.0 Å². The van der Waals surface area contributed by atoms with Crippen LogP contribution in [-0.4, -0.2) is 88.7 Å². The molecular formula is C35H47N3O8S2. The Labute approximate surface area is 285 Å². The second-order valence-electron chi connectivity index (χ2n) is 12.5. The number of carbonyl (C=O) groups is 1. The number of hydrogen-bond acceptors (Lipinski definition) is 8. The molecule has 3 aromatic carbocycles. The van der Waals surface area contributed by atoms with Crippen LogP contribution >= 0.6 is 0 Å². The lowest BCUT2D eigenvalue weighted by Gasteiger charge is -2.35. The molecular weight excluding hydrogens is 655 g/mol. The van der Waals surface area contributed by atoms with Crippen molar-refractivity contribution in [2.45, 2.75) is 75.0 Å². The van der Waals surface area contributed by atoms with Crippen molar-refractivity contribution in [1.29, 1.82) is 0 Å². The summed E-state index contributed by atoms with van der Waals surface area (Å²) in [6.45, 7) is 7.59. The third kappa shape index (κ3) is 9.35. The van der Waals surface area contributed by atoms with Gasteiger partial charge in [-0.05, 0) is 82.5 Å². The molecule has 1 aliphatic rings. The Balaban J connectivity index is 1.68. The van der Waals surface area contributed by atoms with Crippen LogP contribution in [0, 0.1) is 12.8 Å². The van der Waals surface area contributed by atoms with E-state index >= 15 is 0 Å². The zero-order chi connectivity index (χ0) is 35.1. The summed E-state index contributed by atoms with van der Waals surface area (Å²) in [5, 5.41) is 10.2. The summed E-state index contributed by atoms with van der Waals surface area (Å²) >= 11 is 0. The Morgan fingerprint density at radius 3 is 2.33 bits per heavy atom. The Morgan fingerprint density at radius 1 is 0.979 bits per heavy atom. The number of rotatable bonds is 9. The maximum absolute atomic E-state index is 14.4. The molecule has 0 aromatic heterocycles. The van der Waals surface area contributed by atoms with E-state index in [1.807, 2.05) is 20.8 Å². The van der Waals surface area contributed by atoms with Gasteiger partial charge in [-0.1, -0.05) is 42.8 Å². The van der Waals surface area contributed by atoms with Gasteiger partial charge in [-0.15, -0.1) is 0 Å². The normalized spacial score (nSPS) is 20.8. The number of amides is 1. The van der Waals surface area contributed by atoms with E-state index in [4.69, 9.17) is 9.47 Å². The minimum Gasteiger partial charge on any atom is -0.490 e. The molecule has 0 saturated heterocycles. The van der Waals surface area contributed by atoms with E-state index in [2.05, 4.69) is 4.72 Å². The first kappa shape index (κ1) is 37.3. The van der Waals surface area contributed by atoms with E-state index in [0.29, 0.717) is 25.2 Å². The first-order chi connectivity index (χ1) is 22.7. The van der Waals surface area contributed by atoms with Gasteiger partial charge < -0.3 is 19.5 Å². The topological polar surface area (TPSA) is 143 Å². The first-order valence-electron chi connectivity index (χ1n) is 16.2. The average Bonchev–Trinajstić information content (AvgIpc) is 3.06. The number of nitrogens with zero attached hydrogens (tertiary/aromatic N) is 2. The predicted octanol–water partition coefficient (Wildman–Crippen LogP) is 4.91. The summed E-state index contributed by atoms with van der Waals surface area (Å²) in [6, 6.07) is 18.6. The van der Waals surface area contributed by atoms with Gasteiger partial charge in [-0.25, -0.2) is 16.8 Å². The molecule has 0 fully saturated rings. The molecule has 0 radical (unpaired) electrons. The highest BCUT2D eigenvalue weighted by molar-refractivity contribution is 7.92. The van der Waals surface area contributed by atoms with E-state index in [1.165, 1.54) is 34.5 Å². The fourth-order valence-corrected chi connectivity index (χ4v) is 7.76. The zero-order valence-electron chi connectivity index (χ0n) is 28.2. The Morgan fingerprint density at radius 2 is 1.67 bits per heavy atom. The molecule has 48 heavy (non-hydrogen) atoms. The second-order valence-corrected chi connectivity index (χ2v) is 16.3. The number of carbonyl (C=O) groups excluding carboxylic acids is 1. The molecule has 0 saturated carbocycles. The second kappa shape index (κ2) is 16.3. The van der Waals surface area contributed by atoms with E-state index in [-0.39, 0.29) is 52.8 Å². The number of ether oxygens (including phenoxy) is 2. The molecule has 4 atom stereocenters. The molecule has 1 aliphatic heterocycles. The van der Waals surface area contributed by atoms with Gasteiger partial charge in [-0.3, -0.25) is 9.52 Å². The van der Waals surface area contributed by atoms with E-state index in [9.17, 15) is 26.7 Å². The number of hydrogen-bond donors (Lipinski definition) is 2. The third-order valence-electron chi connectivity index (χ3n) is 8.52. The Hall–Kier alpha value is -3.49. The number of aliphatic hydroxyl groups is 1.